The van der Waals surface area contributed by atoms with Crippen molar-refractivity contribution in [2.24, 2.45) is 11.8 Å². The first-order valence-corrected chi connectivity index (χ1v) is 12.0. The van der Waals surface area contributed by atoms with Gasteiger partial charge in [-0.25, -0.2) is 9.36 Å². The van der Waals surface area contributed by atoms with Crippen LogP contribution in [0, 0.1) is 11.8 Å². The highest BCUT2D eigenvalue weighted by atomic mass is 16.4. The van der Waals surface area contributed by atoms with Gasteiger partial charge < -0.3 is 10.2 Å². The van der Waals surface area contributed by atoms with Crippen molar-refractivity contribution < 1.29 is 19.8 Å². The number of hydrogen-bond acceptors (Lipinski definition) is 8. The van der Waals surface area contributed by atoms with Crippen LogP contribution >= 0.6 is 0 Å². The molecule has 4 aromatic rings. The van der Waals surface area contributed by atoms with Crippen LogP contribution in [0.15, 0.2) is 48.5 Å². The van der Waals surface area contributed by atoms with E-state index in [1.165, 1.54) is 0 Å². The lowest BCUT2D eigenvalue weighted by atomic mass is 10.1. The molecule has 36 heavy (non-hydrogen) atoms. The molecule has 2 saturated heterocycles. The number of carbonyl (C=O) groups is 2. The van der Waals surface area contributed by atoms with Gasteiger partial charge in [0.2, 0.25) is 0 Å². The summed E-state index contributed by atoms with van der Waals surface area (Å²) in [6.45, 7) is 1.78. The Balaban J connectivity index is 1.52. The molecule has 0 bridgehead atoms. The number of carboxylic acids is 2. The molecule has 0 radical (unpaired) electrons. The summed E-state index contributed by atoms with van der Waals surface area (Å²) < 4.78 is 3.66. The number of aliphatic carboxylic acids is 2. The molecule has 2 aliphatic rings. The van der Waals surface area contributed by atoms with E-state index in [9.17, 15) is 19.8 Å². The van der Waals surface area contributed by atoms with E-state index in [2.05, 4.69) is 30.4 Å². The summed E-state index contributed by atoms with van der Waals surface area (Å²) >= 11 is 0. The Bertz CT molecular complexity index is 1330. The lowest BCUT2D eigenvalue weighted by molar-refractivity contribution is -0.142. The summed E-state index contributed by atoms with van der Waals surface area (Å²) in [5, 5.41) is 37.2. The van der Waals surface area contributed by atoms with Crippen molar-refractivity contribution in [3.63, 3.8) is 0 Å². The van der Waals surface area contributed by atoms with Gasteiger partial charge in [0.1, 0.15) is 23.4 Å². The monoisotopic (exact) mass is 490 g/mol. The van der Waals surface area contributed by atoms with Crippen LogP contribution in [0.5, 0.6) is 0 Å². The summed E-state index contributed by atoms with van der Waals surface area (Å²) in [6.07, 6.45) is 0.0565. The quantitative estimate of drug-likeness (QED) is 0.393. The molecule has 12 nitrogen and oxygen atoms in total. The third kappa shape index (κ3) is 3.78. The Hall–Kier alpha value is -3.90. The standard InChI is InChI=1S/C24H26N8O4/c33-23(34)15-9-11-29(13-15)21(31-19-7-3-1-5-17(19)25-27-31)22(30-12-10-16(14-30)24(35)36)32-20-8-4-2-6-18(20)26-28-32/h1-8,15-16,21-22H,9-14H2,(H,33,34)(H,35,36). The van der Waals surface area contributed by atoms with Crippen molar-refractivity contribution in [1.82, 2.24) is 39.8 Å². The Kier molecular flexibility index (Phi) is 5.61. The molecule has 0 saturated carbocycles. The number of aromatic nitrogens is 6. The summed E-state index contributed by atoms with van der Waals surface area (Å²) in [5.41, 5.74) is 3.07. The minimum Gasteiger partial charge on any atom is -0.481 e. The molecule has 4 unspecified atom stereocenters. The van der Waals surface area contributed by atoms with Gasteiger partial charge in [0.05, 0.1) is 22.9 Å². The third-order valence-electron chi connectivity index (χ3n) is 7.41. The fourth-order valence-electron chi connectivity index (χ4n) is 5.56. The van der Waals surface area contributed by atoms with Crippen molar-refractivity contribution in [3.05, 3.63) is 48.5 Å². The maximum atomic E-state index is 11.9. The second kappa shape index (κ2) is 8.95. The van der Waals surface area contributed by atoms with E-state index in [4.69, 9.17) is 0 Å². The number of fused-ring (bicyclic) bond motifs is 2. The van der Waals surface area contributed by atoms with Gasteiger partial charge in [0, 0.05) is 26.2 Å². The molecule has 186 valence electrons. The number of benzene rings is 2. The van der Waals surface area contributed by atoms with Gasteiger partial charge in [-0.1, -0.05) is 34.7 Å². The van der Waals surface area contributed by atoms with Crippen LogP contribution in [0.3, 0.4) is 0 Å². The number of nitrogens with zero attached hydrogens (tertiary/aromatic N) is 8. The van der Waals surface area contributed by atoms with Crippen molar-refractivity contribution in [2.75, 3.05) is 26.2 Å². The highest BCUT2D eigenvalue weighted by Crippen LogP contribution is 2.39. The number of likely N-dealkylation sites (tertiary alicyclic amines) is 2. The smallest absolute Gasteiger partial charge is 0.307 e. The van der Waals surface area contributed by atoms with Crippen molar-refractivity contribution in [1.29, 1.82) is 0 Å². The van der Waals surface area contributed by atoms with E-state index in [0.717, 1.165) is 22.1 Å². The summed E-state index contributed by atoms with van der Waals surface area (Å²) in [4.78, 5) is 27.9. The third-order valence-corrected chi connectivity index (χ3v) is 7.41. The molecule has 12 heteroatoms. The summed E-state index contributed by atoms with van der Waals surface area (Å²) in [6, 6.07) is 15.3. The molecule has 4 atom stereocenters. The molecule has 2 N–H and O–H groups in total. The zero-order valence-corrected chi connectivity index (χ0v) is 19.5. The average Bonchev–Trinajstić information content (AvgIpc) is 3.68. The van der Waals surface area contributed by atoms with E-state index in [-0.39, 0.29) is 0 Å². The Morgan fingerprint density at radius 3 is 1.53 bits per heavy atom. The molecule has 6 rings (SSSR count). The predicted molar refractivity (Wildman–Crippen MR) is 128 cm³/mol. The maximum Gasteiger partial charge on any atom is 0.307 e. The molecule has 2 aromatic carbocycles. The second-order valence-corrected chi connectivity index (χ2v) is 9.51. The van der Waals surface area contributed by atoms with Crippen LogP contribution < -0.4 is 0 Å². The van der Waals surface area contributed by atoms with Gasteiger partial charge in [0.15, 0.2) is 0 Å². The maximum absolute atomic E-state index is 11.9. The first kappa shape index (κ1) is 22.6. The molecule has 0 aliphatic carbocycles. The summed E-state index contributed by atoms with van der Waals surface area (Å²) in [5.74, 6) is -2.65. The van der Waals surface area contributed by atoms with Crippen LogP contribution in [0.1, 0.15) is 25.2 Å². The normalized spacial score (nSPS) is 22.9. The highest BCUT2D eigenvalue weighted by Gasteiger charge is 2.44. The molecule has 0 spiro atoms. The molecule has 2 aliphatic heterocycles. The minimum atomic E-state index is -0.824. The second-order valence-electron chi connectivity index (χ2n) is 9.51. The minimum absolute atomic E-state index is 0.341. The number of para-hydroxylation sites is 2. The van der Waals surface area contributed by atoms with E-state index in [1.807, 2.05) is 57.9 Å². The predicted octanol–water partition coefficient (Wildman–Crippen LogP) is 1.69. The summed E-state index contributed by atoms with van der Waals surface area (Å²) in [7, 11) is 0. The first-order valence-electron chi connectivity index (χ1n) is 12.0. The molecule has 4 heterocycles. The molecular weight excluding hydrogens is 464 g/mol. The zero-order valence-electron chi connectivity index (χ0n) is 19.5. The lowest BCUT2D eigenvalue weighted by Crippen LogP contribution is -2.46. The van der Waals surface area contributed by atoms with E-state index in [1.54, 1.807) is 0 Å². The fourth-order valence-corrected chi connectivity index (χ4v) is 5.56. The molecular formula is C24H26N8O4. The lowest BCUT2D eigenvalue weighted by Gasteiger charge is -2.39. The van der Waals surface area contributed by atoms with Gasteiger partial charge in [-0.15, -0.1) is 10.2 Å². The topological polar surface area (TPSA) is 142 Å². The molecule has 0 amide bonds. The SMILES string of the molecule is O=C(O)C1CCN(C(C(N2CCC(C(=O)O)C2)n2nnc3ccccc32)n2nnc3ccccc32)C1. The molecule has 2 fully saturated rings. The highest BCUT2D eigenvalue weighted by molar-refractivity contribution is 5.75. The van der Waals surface area contributed by atoms with Gasteiger partial charge in [-0.2, -0.15) is 0 Å². The molecule has 2 aromatic heterocycles. The van der Waals surface area contributed by atoms with Crippen LogP contribution in [0.2, 0.25) is 0 Å². The Morgan fingerprint density at radius 2 is 1.14 bits per heavy atom. The average molecular weight is 491 g/mol. The van der Waals surface area contributed by atoms with Crippen LogP contribution in [-0.2, 0) is 9.59 Å². The van der Waals surface area contributed by atoms with Gasteiger partial charge in [-0.3, -0.25) is 19.4 Å². The largest absolute Gasteiger partial charge is 0.481 e. The Labute approximate surface area is 205 Å². The van der Waals surface area contributed by atoms with Gasteiger partial charge in [0.25, 0.3) is 0 Å². The van der Waals surface area contributed by atoms with Crippen LogP contribution in [0.4, 0.5) is 0 Å². The van der Waals surface area contributed by atoms with Gasteiger partial charge in [-0.05, 0) is 37.1 Å². The number of hydrogen-bond donors (Lipinski definition) is 2. The fraction of sp³-hybridized carbons (Fsp3) is 0.417. The van der Waals surface area contributed by atoms with Crippen molar-refractivity contribution in [3.8, 4) is 0 Å². The first-order chi connectivity index (χ1) is 17.5. The van der Waals surface area contributed by atoms with Crippen LogP contribution in [0.25, 0.3) is 22.1 Å². The van der Waals surface area contributed by atoms with E-state index >= 15 is 0 Å². The van der Waals surface area contributed by atoms with Gasteiger partial charge >= 0.3 is 11.9 Å². The number of carboxylic acid groups (broad SMARTS) is 2. The zero-order chi connectivity index (χ0) is 24.8. The Morgan fingerprint density at radius 1 is 0.722 bits per heavy atom. The van der Waals surface area contributed by atoms with Crippen LogP contribution in [-0.4, -0.2) is 88.1 Å². The number of rotatable bonds is 7. The van der Waals surface area contributed by atoms with E-state index < -0.39 is 36.1 Å². The van der Waals surface area contributed by atoms with Crippen molar-refractivity contribution in [2.45, 2.75) is 25.2 Å². The van der Waals surface area contributed by atoms with E-state index in [0.29, 0.717) is 39.0 Å². The van der Waals surface area contributed by atoms with Crippen molar-refractivity contribution >= 4 is 34.0 Å².